The summed E-state index contributed by atoms with van der Waals surface area (Å²) in [6.07, 6.45) is 8.00. The monoisotopic (exact) mass is 285 g/mol. The van der Waals surface area contributed by atoms with Gasteiger partial charge in [0.2, 0.25) is 0 Å². The minimum Gasteiger partial charge on any atom is -0.496 e. The summed E-state index contributed by atoms with van der Waals surface area (Å²) in [7, 11) is 1.69. The number of hydrogen-bond acceptors (Lipinski definition) is 3. The Morgan fingerprint density at radius 1 is 1.29 bits per heavy atom. The van der Waals surface area contributed by atoms with Crippen LogP contribution in [0.15, 0.2) is 48.8 Å². The van der Waals surface area contributed by atoms with E-state index in [1.165, 1.54) is 0 Å². The van der Waals surface area contributed by atoms with Crippen molar-refractivity contribution >= 4 is 6.08 Å². The fourth-order valence-electron chi connectivity index (χ4n) is 2.17. The van der Waals surface area contributed by atoms with Gasteiger partial charge in [-0.05, 0) is 26.0 Å². The maximum Gasteiger partial charge on any atom is 0.126 e. The molecule has 0 aliphatic carbocycles. The molecular weight excluding hydrogens is 262 g/mol. The van der Waals surface area contributed by atoms with Crippen LogP contribution in [0.1, 0.15) is 25.5 Å². The first kappa shape index (κ1) is 15.3. The third-order valence-corrected chi connectivity index (χ3v) is 3.66. The fourth-order valence-corrected chi connectivity index (χ4v) is 2.17. The van der Waals surface area contributed by atoms with Gasteiger partial charge in [-0.1, -0.05) is 30.4 Å². The van der Waals surface area contributed by atoms with E-state index < -0.39 is 0 Å². The van der Waals surface area contributed by atoms with Crippen molar-refractivity contribution in [2.24, 2.45) is 0 Å². The van der Waals surface area contributed by atoms with Gasteiger partial charge in [0.25, 0.3) is 0 Å². The number of methoxy groups -OCH3 is 1. The predicted molar refractivity (Wildman–Crippen MR) is 86.4 cm³/mol. The molecule has 1 aromatic heterocycles. The van der Waals surface area contributed by atoms with Crippen LogP contribution in [0, 0.1) is 0 Å². The molecular formula is C17H23N3O. The predicted octanol–water partition coefficient (Wildman–Crippen LogP) is 3.14. The van der Waals surface area contributed by atoms with Crippen molar-refractivity contribution in [2.45, 2.75) is 25.9 Å². The molecule has 0 fully saturated rings. The number of rotatable bonds is 7. The Balaban J connectivity index is 1.85. The molecule has 2 rings (SSSR count). The molecule has 0 saturated carbocycles. The van der Waals surface area contributed by atoms with E-state index in [1.807, 2.05) is 47.4 Å². The van der Waals surface area contributed by atoms with Crippen molar-refractivity contribution in [3.63, 3.8) is 0 Å². The zero-order valence-electron chi connectivity index (χ0n) is 12.9. The van der Waals surface area contributed by atoms with E-state index in [0.29, 0.717) is 12.1 Å². The van der Waals surface area contributed by atoms with Gasteiger partial charge in [0, 0.05) is 30.5 Å². The average Bonchev–Trinajstić information content (AvgIpc) is 3.05. The lowest BCUT2D eigenvalue weighted by Gasteiger charge is -2.21. The number of ether oxygens (including phenoxy) is 1. The molecule has 4 heteroatoms. The van der Waals surface area contributed by atoms with Crippen LogP contribution in [-0.2, 0) is 0 Å². The van der Waals surface area contributed by atoms with E-state index in [-0.39, 0.29) is 0 Å². The number of hydrogen-bond donors (Lipinski definition) is 1. The van der Waals surface area contributed by atoms with E-state index >= 15 is 0 Å². The van der Waals surface area contributed by atoms with E-state index in [1.54, 1.807) is 7.11 Å². The van der Waals surface area contributed by atoms with Gasteiger partial charge in [0.15, 0.2) is 0 Å². The molecule has 1 aromatic carbocycles. The SMILES string of the molecule is COc1ccccc1/C=C/CN[C@H](C)[C@@H](C)n1cccn1. The normalized spacial score (nSPS) is 14.2. The number of nitrogens with one attached hydrogen (secondary N) is 1. The Labute approximate surface area is 126 Å². The standard InChI is InChI=1S/C17H23N3O/c1-14(15(2)20-13-7-12-19-20)18-11-6-9-16-8-4-5-10-17(16)21-3/h4-10,12-15,18H,11H2,1-3H3/b9-6+/t14-,15-/m1/s1. The van der Waals surface area contributed by atoms with Gasteiger partial charge < -0.3 is 10.1 Å². The highest BCUT2D eigenvalue weighted by Gasteiger charge is 2.12. The van der Waals surface area contributed by atoms with E-state index in [2.05, 4.69) is 36.4 Å². The Hall–Kier alpha value is -2.07. The summed E-state index contributed by atoms with van der Waals surface area (Å²) in [5.74, 6) is 0.895. The quantitative estimate of drug-likeness (QED) is 0.849. The second kappa shape index (κ2) is 7.64. The van der Waals surface area contributed by atoms with Crippen molar-refractivity contribution < 1.29 is 4.74 Å². The summed E-state index contributed by atoms with van der Waals surface area (Å²) >= 11 is 0. The molecule has 2 atom stereocenters. The average molecular weight is 285 g/mol. The second-order valence-electron chi connectivity index (χ2n) is 5.07. The summed E-state index contributed by atoms with van der Waals surface area (Å²) < 4.78 is 7.30. The second-order valence-corrected chi connectivity index (χ2v) is 5.07. The molecule has 4 nitrogen and oxygen atoms in total. The van der Waals surface area contributed by atoms with Crippen molar-refractivity contribution in [3.05, 3.63) is 54.4 Å². The summed E-state index contributed by atoms with van der Waals surface area (Å²) in [4.78, 5) is 0. The van der Waals surface area contributed by atoms with Crippen molar-refractivity contribution in [1.29, 1.82) is 0 Å². The van der Waals surface area contributed by atoms with Crippen molar-refractivity contribution in [2.75, 3.05) is 13.7 Å². The van der Waals surface area contributed by atoms with Crippen LogP contribution in [0.4, 0.5) is 0 Å². The third kappa shape index (κ3) is 4.20. The van der Waals surface area contributed by atoms with Crippen LogP contribution in [0.2, 0.25) is 0 Å². The van der Waals surface area contributed by atoms with Gasteiger partial charge in [-0.25, -0.2) is 0 Å². The minimum absolute atomic E-state index is 0.319. The maximum absolute atomic E-state index is 5.33. The molecule has 1 N–H and O–H groups in total. The molecule has 1 heterocycles. The van der Waals surface area contributed by atoms with Gasteiger partial charge in [-0.15, -0.1) is 0 Å². The van der Waals surface area contributed by atoms with E-state index in [9.17, 15) is 0 Å². The topological polar surface area (TPSA) is 39.1 Å². The van der Waals surface area contributed by atoms with Crippen LogP contribution in [0.5, 0.6) is 5.75 Å². The summed E-state index contributed by atoms with van der Waals surface area (Å²) in [5, 5.41) is 7.77. The number of benzene rings is 1. The molecule has 0 spiro atoms. The first-order valence-electron chi connectivity index (χ1n) is 7.24. The Bertz CT molecular complexity index is 563. The molecule has 2 aromatic rings. The van der Waals surface area contributed by atoms with Crippen LogP contribution in [-0.4, -0.2) is 29.5 Å². The third-order valence-electron chi connectivity index (χ3n) is 3.66. The highest BCUT2D eigenvalue weighted by molar-refractivity contribution is 5.57. The van der Waals surface area contributed by atoms with Gasteiger partial charge in [0.05, 0.1) is 13.2 Å². The smallest absolute Gasteiger partial charge is 0.126 e. The molecule has 0 unspecified atom stereocenters. The van der Waals surface area contributed by atoms with Gasteiger partial charge in [-0.3, -0.25) is 4.68 Å². The Morgan fingerprint density at radius 3 is 2.81 bits per heavy atom. The zero-order chi connectivity index (χ0) is 15.1. The number of aromatic nitrogens is 2. The van der Waals surface area contributed by atoms with Gasteiger partial charge >= 0.3 is 0 Å². The number of nitrogens with zero attached hydrogens (tertiary/aromatic N) is 2. The summed E-state index contributed by atoms with van der Waals surface area (Å²) in [6, 6.07) is 10.6. The lowest BCUT2D eigenvalue weighted by atomic mass is 10.1. The van der Waals surface area contributed by atoms with Crippen LogP contribution in [0.3, 0.4) is 0 Å². The van der Waals surface area contributed by atoms with Gasteiger partial charge in [-0.2, -0.15) is 5.10 Å². The molecule has 0 aliphatic rings. The molecule has 0 bridgehead atoms. The van der Waals surface area contributed by atoms with Crippen molar-refractivity contribution in [1.82, 2.24) is 15.1 Å². The van der Waals surface area contributed by atoms with Gasteiger partial charge in [0.1, 0.15) is 5.75 Å². The van der Waals surface area contributed by atoms with E-state index in [4.69, 9.17) is 4.74 Å². The lowest BCUT2D eigenvalue weighted by molar-refractivity contribution is 0.376. The highest BCUT2D eigenvalue weighted by Crippen LogP contribution is 2.18. The van der Waals surface area contributed by atoms with Crippen LogP contribution < -0.4 is 10.1 Å². The number of para-hydroxylation sites is 1. The fraction of sp³-hybridized carbons (Fsp3) is 0.353. The molecule has 0 aliphatic heterocycles. The molecule has 0 radical (unpaired) electrons. The minimum atomic E-state index is 0.319. The zero-order valence-corrected chi connectivity index (χ0v) is 12.9. The first-order valence-corrected chi connectivity index (χ1v) is 7.24. The first-order chi connectivity index (χ1) is 10.2. The van der Waals surface area contributed by atoms with Crippen LogP contribution in [0.25, 0.3) is 6.08 Å². The van der Waals surface area contributed by atoms with Crippen molar-refractivity contribution in [3.8, 4) is 5.75 Å². The Morgan fingerprint density at radius 2 is 2.10 bits per heavy atom. The maximum atomic E-state index is 5.33. The lowest BCUT2D eigenvalue weighted by Crippen LogP contribution is -2.34. The molecule has 0 saturated heterocycles. The Kier molecular flexibility index (Phi) is 5.58. The largest absolute Gasteiger partial charge is 0.496 e. The highest BCUT2D eigenvalue weighted by atomic mass is 16.5. The van der Waals surface area contributed by atoms with Crippen LogP contribution >= 0.6 is 0 Å². The molecule has 21 heavy (non-hydrogen) atoms. The molecule has 112 valence electrons. The van der Waals surface area contributed by atoms with E-state index in [0.717, 1.165) is 17.9 Å². The summed E-state index contributed by atoms with van der Waals surface area (Å²) in [5.41, 5.74) is 1.09. The molecule has 0 amide bonds. The summed E-state index contributed by atoms with van der Waals surface area (Å²) in [6.45, 7) is 5.14.